The molecule has 0 aliphatic heterocycles. The van der Waals surface area contributed by atoms with Crippen LogP contribution in [0.15, 0.2) is 0 Å². The first-order valence-corrected chi connectivity index (χ1v) is 8.24. The summed E-state index contributed by atoms with van der Waals surface area (Å²) in [5, 5.41) is -0.0287. The van der Waals surface area contributed by atoms with Crippen molar-refractivity contribution < 1.29 is 32.7 Å². The van der Waals surface area contributed by atoms with Crippen LogP contribution in [0.3, 0.4) is 0 Å². The molecule has 2 heteroatoms. The molecule has 0 amide bonds. The molecule has 1 saturated carbocycles. The van der Waals surface area contributed by atoms with Gasteiger partial charge in [-0.05, 0) is 5.92 Å². The van der Waals surface area contributed by atoms with Crippen LogP contribution in [0, 0.1) is 23.7 Å². The molecule has 0 aromatic carbocycles. The maximum absolute atomic E-state index is 6.64. The molecule has 0 nitrogen and oxygen atoms in total. The van der Waals surface area contributed by atoms with Crippen molar-refractivity contribution in [1.29, 1.82) is 0 Å². The quantitative estimate of drug-likeness (QED) is 0.395. The fraction of sp³-hybridized carbons (Fsp3) is 0.889. The minimum atomic E-state index is -0.0287. The Morgan fingerprint density at radius 2 is 2.05 bits per heavy atom. The first-order valence-electron chi connectivity index (χ1n) is 8.24. The zero-order chi connectivity index (χ0) is 14.5. The second-order valence-corrected chi connectivity index (χ2v) is 7.63. The number of hydrogen-bond acceptors (Lipinski definition) is 0. The van der Waals surface area contributed by atoms with Crippen LogP contribution in [-0.2, 0) is 32.7 Å². The molecule has 1 aliphatic carbocycles. The summed E-state index contributed by atoms with van der Waals surface area (Å²) in [5.74, 6) is 4.79. The Morgan fingerprint density at radius 3 is 2.60 bits per heavy atom. The van der Waals surface area contributed by atoms with Gasteiger partial charge in [0.2, 0.25) is 0 Å². The standard InChI is InChI=1S/C18H33B.Y/c1-14(2)8-6-10-16(4)13-18(5,19)17-11-7-9-15(3)12-17;/h15-16H,6-13H2,1-5H3;/q-2;. The molecule has 20 heavy (non-hydrogen) atoms. The topological polar surface area (TPSA) is 0 Å². The van der Waals surface area contributed by atoms with Crippen LogP contribution in [0.25, 0.3) is 0 Å². The second kappa shape index (κ2) is 10.0. The Labute approximate surface area is 154 Å². The molecular formula is C18H33BY-2. The summed E-state index contributed by atoms with van der Waals surface area (Å²) in [7, 11) is 6.64. The van der Waals surface area contributed by atoms with E-state index in [4.69, 9.17) is 7.85 Å². The molecule has 0 saturated heterocycles. The predicted molar refractivity (Wildman–Crippen MR) is 87.2 cm³/mol. The largest absolute Gasteiger partial charge is 0.320 e. The molecule has 1 fully saturated rings. The monoisotopic (exact) mass is 349 g/mol. The van der Waals surface area contributed by atoms with Gasteiger partial charge in [0.15, 0.2) is 0 Å². The van der Waals surface area contributed by atoms with E-state index in [1.54, 1.807) is 11.8 Å². The van der Waals surface area contributed by atoms with Crippen molar-refractivity contribution in [2.45, 2.75) is 91.3 Å². The molecule has 0 heterocycles. The zero-order valence-electron chi connectivity index (χ0n) is 14.5. The summed E-state index contributed by atoms with van der Waals surface area (Å²) in [6.07, 6.45) is 10.4. The molecule has 0 N–H and O–H groups in total. The first-order chi connectivity index (χ1) is 8.81. The summed E-state index contributed by atoms with van der Waals surface area (Å²) in [6.45, 7) is 11.5. The van der Waals surface area contributed by atoms with E-state index in [9.17, 15) is 0 Å². The van der Waals surface area contributed by atoms with E-state index < -0.39 is 0 Å². The number of hydrogen-bond donors (Lipinski definition) is 0. The van der Waals surface area contributed by atoms with Crippen LogP contribution in [0.1, 0.15) is 86.0 Å². The third kappa shape index (κ3) is 7.97. The summed E-state index contributed by atoms with van der Waals surface area (Å²) < 4.78 is 0. The minimum absolute atomic E-state index is 0. The molecule has 3 atom stereocenters. The van der Waals surface area contributed by atoms with Crippen LogP contribution in [0.2, 0.25) is 5.31 Å². The van der Waals surface area contributed by atoms with E-state index in [1.165, 1.54) is 44.9 Å². The van der Waals surface area contributed by atoms with Crippen molar-refractivity contribution in [3.8, 4) is 0 Å². The van der Waals surface area contributed by atoms with Crippen molar-refractivity contribution in [2.75, 3.05) is 0 Å². The van der Waals surface area contributed by atoms with Gasteiger partial charge in [0.05, 0.1) is 0 Å². The molecule has 1 rings (SSSR count). The Kier molecular flexibility index (Phi) is 10.6. The molecule has 3 unspecified atom stereocenters. The van der Waals surface area contributed by atoms with Gasteiger partial charge in [-0.3, -0.25) is 0 Å². The van der Waals surface area contributed by atoms with E-state index >= 15 is 0 Å². The molecule has 113 valence electrons. The van der Waals surface area contributed by atoms with E-state index in [0.717, 1.165) is 18.3 Å². The van der Waals surface area contributed by atoms with Gasteiger partial charge in [-0.1, -0.05) is 58.8 Å². The Bertz CT molecular complexity index is 250. The summed E-state index contributed by atoms with van der Waals surface area (Å²) in [6, 6.07) is 0. The fourth-order valence-electron chi connectivity index (χ4n) is 3.58. The van der Waals surface area contributed by atoms with Crippen molar-refractivity contribution in [1.82, 2.24) is 0 Å². The molecule has 0 bridgehead atoms. The fourth-order valence-corrected chi connectivity index (χ4v) is 3.58. The van der Waals surface area contributed by atoms with Crippen LogP contribution < -0.4 is 0 Å². The van der Waals surface area contributed by atoms with Crippen molar-refractivity contribution >= 4 is 7.85 Å². The average molecular weight is 349 g/mol. The summed E-state index contributed by atoms with van der Waals surface area (Å²) in [4.78, 5) is 0. The van der Waals surface area contributed by atoms with Gasteiger partial charge in [0, 0.05) is 40.6 Å². The van der Waals surface area contributed by atoms with Crippen LogP contribution >= 0.6 is 0 Å². The zero-order valence-corrected chi connectivity index (χ0v) is 17.3. The van der Waals surface area contributed by atoms with Crippen LogP contribution in [-0.4, -0.2) is 7.85 Å². The third-order valence-corrected chi connectivity index (χ3v) is 4.72. The Hall–Kier alpha value is 1.17. The van der Waals surface area contributed by atoms with E-state index in [0.29, 0.717) is 0 Å². The molecule has 1 aliphatic rings. The van der Waals surface area contributed by atoms with Crippen LogP contribution in [0.4, 0.5) is 0 Å². The number of rotatable bonds is 7. The second-order valence-electron chi connectivity index (χ2n) is 7.63. The van der Waals surface area contributed by atoms with Gasteiger partial charge in [-0.2, -0.15) is 38.4 Å². The molecular weight excluding hydrogens is 316 g/mol. The van der Waals surface area contributed by atoms with Crippen molar-refractivity contribution in [2.24, 2.45) is 11.8 Å². The average Bonchev–Trinajstić information content (AvgIpc) is 2.27. The smallest absolute Gasteiger partial charge is 0.0349 e. The maximum atomic E-state index is 6.64. The van der Waals surface area contributed by atoms with Gasteiger partial charge < -0.3 is 11.8 Å². The Morgan fingerprint density at radius 1 is 1.40 bits per heavy atom. The van der Waals surface area contributed by atoms with E-state index in [2.05, 4.69) is 34.6 Å². The molecule has 0 spiro atoms. The normalized spacial score (nSPS) is 25.0. The SMILES string of the molecule is [B]C(C)(CC(C)CCC[C-](C)C)[C-]1CCCC(C)C1.[Y]. The Balaban J connectivity index is 0.00000361. The van der Waals surface area contributed by atoms with Gasteiger partial charge in [0.25, 0.3) is 0 Å². The van der Waals surface area contributed by atoms with Gasteiger partial charge >= 0.3 is 0 Å². The first kappa shape index (κ1) is 21.2. The van der Waals surface area contributed by atoms with E-state index in [-0.39, 0.29) is 38.0 Å². The van der Waals surface area contributed by atoms with Crippen molar-refractivity contribution in [3.05, 3.63) is 11.8 Å². The molecule has 3 radical (unpaired) electrons. The summed E-state index contributed by atoms with van der Waals surface area (Å²) >= 11 is 0. The van der Waals surface area contributed by atoms with Gasteiger partial charge in [0.1, 0.15) is 0 Å². The van der Waals surface area contributed by atoms with Crippen molar-refractivity contribution in [3.63, 3.8) is 0 Å². The van der Waals surface area contributed by atoms with Gasteiger partial charge in [-0.25, -0.2) is 0 Å². The minimum Gasteiger partial charge on any atom is -0.320 e. The van der Waals surface area contributed by atoms with Crippen LogP contribution in [0.5, 0.6) is 0 Å². The summed E-state index contributed by atoms with van der Waals surface area (Å²) in [5.41, 5.74) is 0. The third-order valence-electron chi connectivity index (χ3n) is 4.72. The molecule has 0 aromatic heterocycles. The predicted octanol–water partition coefficient (Wildman–Crippen LogP) is 5.93. The molecule has 0 aromatic rings. The van der Waals surface area contributed by atoms with E-state index in [1.807, 2.05) is 0 Å². The van der Waals surface area contributed by atoms with Gasteiger partial charge in [-0.15, -0.1) is 0 Å². The maximum Gasteiger partial charge on any atom is 0.0349 e.